The zero-order chi connectivity index (χ0) is 14.3. The molecule has 19 heavy (non-hydrogen) atoms. The molecule has 0 bridgehead atoms. The van der Waals surface area contributed by atoms with E-state index in [0.29, 0.717) is 23.6 Å². The van der Waals surface area contributed by atoms with Crippen LogP contribution < -0.4 is 5.32 Å². The van der Waals surface area contributed by atoms with Gasteiger partial charge in [-0.15, -0.1) is 0 Å². The van der Waals surface area contributed by atoms with Crippen molar-refractivity contribution in [3.8, 4) is 6.07 Å². The van der Waals surface area contributed by atoms with E-state index in [1.54, 1.807) is 24.3 Å². The Morgan fingerprint density at radius 2 is 1.74 bits per heavy atom. The fourth-order valence-corrected chi connectivity index (χ4v) is 2.84. The Morgan fingerprint density at radius 3 is 2.16 bits per heavy atom. The van der Waals surface area contributed by atoms with Crippen LogP contribution in [0.25, 0.3) is 0 Å². The largest absolute Gasteiger partial charge is 0.352 e. The molecule has 0 spiro atoms. The summed E-state index contributed by atoms with van der Waals surface area (Å²) in [5.41, 5.74) is 1.74. The Labute approximate surface area is 114 Å². The topological polar surface area (TPSA) is 52.9 Å². The maximum atomic E-state index is 12.0. The second-order valence-electron chi connectivity index (χ2n) is 6.40. The van der Waals surface area contributed by atoms with E-state index < -0.39 is 0 Å². The van der Waals surface area contributed by atoms with E-state index in [1.807, 2.05) is 6.07 Å². The van der Waals surface area contributed by atoms with Crippen molar-refractivity contribution < 1.29 is 4.79 Å². The average Bonchev–Trinajstić information content (AvgIpc) is 2.77. The number of hydrogen-bond donors (Lipinski definition) is 1. The molecule has 0 saturated heterocycles. The summed E-state index contributed by atoms with van der Waals surface area (Å²) in [6.07, 6.45) is 0. The highest BCUT2D eigenvalue weighted by Gasteiger charge is 2.64. The van der Waals surface area contributed by atoms with Gasteiger partial charge < -0.3 is 5.32 Å². The second-order valence-corrected chi connectivity index (χ2v) is 6.40. The van der Waals surface area contributed by atoms with Gasteiger partial charge in [0.15, 0.2) is 0 Å². The molecule has 100 valence electrons. The lowest BCUT2D eigenvalue weighted by atomic mass is 10.0. The Bertz CT molecular complexity index is 521. The van der Waals surface area contributed by atoms with E-state index in [0.717, 1.165) is 0 Å². The van der Waals surface area contributed by atoms with Crippen molar-refractivity contribution >= 4 is 5.91 Å². The predicted octanol–water partition coefficient (Wildman–Crippen LogP) is 2.97. The van der Waals surface area contributed by atoms with E-state index in [4.69, 9.17) is 5.26 Å². The summed E-state index contributed by atoms with van der Waals surface area (Å²) in [5, 5.41) is 11.7. The number of rotatable bonds is 3. The zero-order valence-electron chi connectivity index (χ0n) is 11.9. The summed E-state index contributed by atoms with van der Waals surface area (Å²) in [5.74, 6) is 0.449. The highest BCUT2D eigenvalue weighted by atomic mass is 16.1. The van der Waals surface area contributed by atoms with Crippen molar-refractivity contribution in [3.63, 3.8) is 0 Å². The van der Waals surface area contributed by atoms with Crippen molar-refractivity contribution in [2.45, 2.75) is 27.7 Å². The van der Waals surface area contributed by atoms with Gasteiger partial charge in [-0.25, -0.2) is 0 Å². The Hall–Kier alpha value is -1.82. The molecule has 1 fully saturated rings. The number of nitrogens with zero attached hydrogens (tertiary/aromatic N) is 1. The van der Waals surface area contributed by atoms with Gasteiger partial charge in [0, 0.05) is 12.1 Å². The van der Waals surface area contributed by atoms with Crippen LogP contribution in [0.3, 0.4) is 0 Å². The van der Waals surface area contributed by atoms with E-state index in [2.05, 4.69) is 33.0 Å². The predicted molar refractivity (Wildman–Crippen MR) is 74.5 cm³/mol. The van der Waals surface area contributed by atoms with Crippen LogP contribution >= 0.6 is 0 Å². The van der Waals surface area contributed by atoms with E-state index in [1.165, 1.54) is 0 Å². The van der Waals surface area contributed by atoms with E-state index in [-0.39, 0.29) is 16.7 Å². The van der Waals surface area contributed by atoms with Crippen LogP contribution in [-0.4, -0.2) is 12.5 Å². The molecule has 0 radical (unpaired) electrons. The molecule has 1 aliphatic rings. The number of amides is 1. The SMILES string of the molecule is CC1(C)C(CNC(=O)c2ccc(C#N)cc2)C1(C)C. The van der Waals surface area contributed by atoms with Crippen LogP contribution in [0.15, 0.2) is 24.3 Å². The number of carbonyl (C=O) groups is 1. The first-order chi connectivity index (χ1) is 8.80. The lowest BCUT2D eigenvalue weighted by Crippen LogP contribution is -2.27. The molecular weight excluding hydrogens is 236 g/mol. The lowest BCUT2D eigenvalue weighted by Gasteiger charge is -2.06. The fourth-order valence-electron chi connectivity index (χ4n) is 2.84. The minimum atomic E-state index is -0.0667. The third-order valence-corrected chi connectivity index (χ3v) is 5.06. The number of nitriles is 1. The molecular formula is C16H20N2O. The molecule has 3 nitrogen and oxygen atoms in total. The molecule has 1 saturated carbocycles. The number of benzene rings is 1. The molecule has 2 rings (SSSR count). The van der Waals surface area contributed by atoms with Crippen LogP contribution in [-0.2, 0) is 0 Å². The number of nitrogens with one attached hydrogen (secondary N) is 1. The molecule has 1 aromatic rings. The first kappa shape index (κ1) is 13.6. The molecule has 0 heterocycles. The normalized spacial score (nSPS) is 19.5. The van der Waals surface area contributed by atoms with Crippen molar-refractivity contribution in [1.29, 1.82) is 5.26 Å². The van der Waals surface area contributed by atoms with Gasteiger partial charge >= 0.3 is 0 Å². The van der Waals surface area contributed by atoms with Crippen molar-refractivity contribution in [1.82, 2.24) is 5.32 Å². The molecule has 1 amide bonds. The monoisotopic (exact) mass is 256 g/mol. The summed E-state index contributed by atoms with van der Waals surface area (Å²) < 4.78 is 0. The summed E-state index contributed by atoms with van der Waals surface area (Å²) in [6.45, 7) is 9.67. The summed E-state index contributed by atoms with van der Waals surface area (Å²) in [6, 6.07) is 8.76. The molecule has 0 aromatic heterocycles. The Balaban J connectivity index is 1.94. The minimum absolute atomic E-state index is 0.0667. The van der Waals surface area contributed by atoms with E-state index in [9.17, 15) is 4.79 Å². The van der Waals surface area contributed by atoms with Crippen LogP contribution in [0.1, 0.15) is 43.6 Å². The second kappa shape index (κ2) is 4.38. The maximum Gasteiger partial charge on any atom is 0.251 e. The molecule has 1 aromatic carbocycles. The Morgan fingerprint density at radius 1 is 1.21 bits per heavy atom. The molecule has 1 aliphatic carbocycles. The molecule has 3 heteroatoms. The minimum Gasteiger partial charge on any atom is -0.352 e. The van der Waals surface area contributed by atoms with Gasteiger partial charge in [-0.05, 0) is 41.0 Å². The van der Waals surface area contributed by atoms with E-state index >= 15 is 0 Å². The summed E-state index contributed by atoms with van der Waals surface area (Å²) >= 11 is 0. The van der Waals surface area contributed by atoms with Gasteiger partial charge in [0.2, 0.25) is 0 Å². The third kappa shape index (κ3) is 2.23. The van der Waals surface area contributed by atoms with Gasteiger partial charge in [-0.3, -0.25) is 4.79 Å². The van der Waals surface area contributed by atoms with Gasteiger partial charge in [-0.1, -0.05) is 27.7 Å². The quantitative estimate of drug-likeness (QED) is 0.904. The van der Waals surface area contributed by atoms with Gasteiger partial charge in [0.05, 0.1) is 11.6 Å². The van der Waals surface area contributed by atoms with Crippen LogP contribution in [0, 0.1) is 28.1 Å². The molecule has 0 aliphatic heterocycles. The van der Waals surface area contributed by atoms with Gasteiger partial charge in [0.1, 0.15) is 0 Å². The standard InChI is InChI=1S/C16H20N2O/c1-15(2)13(16(15,3)4)10-18-14(19)12-7-5-11(9-17)6-8-12/h5-8,13H,10H2,1-4H3,(H,18,19). The van der Waals surface area contributed by atoms with Crippen molar-refractivity contribution in [3.05, 3.63) is 35.4 Å². The molecule has 0 atom stereocenters. The number of hydrogen-bond acceptors (Lipinski definition) is 2. The first-order valence-electron chi connectivity index (χ1n) is 6.59. The van der Waals surface area contributed by atoms with Crippen LogP contribution in [0.2, 0.25) is 0 Å². The first-order valence-corrected chi connectivity index (χ1v) is 6.59. The summed E-state index contributed by atoms with van der Waals surface area (Å²) in [7, 11) is 0. The molecule has 1 N–H and O–H groups in total. The van der Waals surface area contributed by atoms with Gasteiger partial charge in [-0.2, -0.15) is 5.26 Å². The summed E-state index contributed by atoms with van der Waals surface area (Å²) in [4.78, 5) is 12.0. The molecule has 0 unspecified atom stereocenters. The van der Waals surface area contributed by atoms with Gasteiger partial charge in [0.25, 0.3) is 5.91 Å². The van der Waals surface area contributed by atoms with Crippen LogP contribution in [0.5, 0.6) is 0 Å². The van der Waals surface area contributed by atoms with Crippen molar-refractivity contribution in [2.75, 3.05) is 6.54 Å². The lowest BCUT2D eigenvalue weighted by molar-refractivity contribution is 0.0950. The third-order valence-electron chi connectivity index (χ3n) is 5.06. The average molecular weight is 256 g/mol. The highest BCUT2D eigenvalue weighted by molar-refractivity contribution is 5.94. The smallest absolute Gasteiger partial charge is 0.251 e. The zero-order valence-corrected chi connectivity index (χ0v) is 11.9. The Kier molecular flexibility index (Phi) is 3.14. The fraction of sp³-hybridized carbons (Fsp3) is 0.500. The number of carbonyl (C=O) groups excluding carboxylic acids is 1. The maximum absolute atomic E-state index is 12.0. The van der Waals surface area contributed by atoms with Crippen LogP contribution in [0.4, 0.5) is 0 Å². The van der Waals surface area contributed by atoms with Crippen molar-refractivity contribution in [2.24, 2.45) is 16.7 Å². The highest BCUT2D eigenvalue weighted by Crippen LogP contribution is 2.67.